The zero-order chi connectivity index (χ0) is 25.6. The topological polar surface area (TPSA) is 26.3 Å². The first-order valence-corrected chi connectivity index (χ1v) is 14.7. The van der Waals surface area contributed by atoms with Crippen LogP contribution in [0.5, 0.6) is 5.75 Å². The average Bonchev–Trinajstić information content (AvgIpc) is 3.26. The van der Waals surface area contributed by atoms with Crippen LogP contribution in [-0.4, -0.2) is 4.21 Å². The Morgan fingerprint density at radius 3 is 1.86 bits per heavy atom. The van der Waals surface area contributed by atoms with Crippen molar-refractivity contribution >= 4 is 11.1 Å². The maximum Gasteiger partial charge on any atom is 0.211 e. The highest BCUT2D eigenvalue weighted by molar-refractivity contribution is 7.80. The third kappa shape index (κ3) is 6.78. The highest BCUT2D eigenvalue weighted by Gasteiger charge is 2.18. The van der Waals surface area contributed by atoms with Crippen molar-refractivity contribution in [3.05, 3.63) is 124 Å². The number of fused-ring (bicyclic) bond motifs is 2. The van der Waals surface area contributed by atoms with Gasteiger partial charge < -0.3 is 4.18 Å². The quantitative estimate of drug-likeness (QED) is 0.235. The van der Waals surface area contributed by atoms with Gasteiger partial charge in [-0.15, -0.1) is 0 Å². The summed E-state index contributed by atoms with van der Waals surface area (Å²) < 4.78 is 16.0. The van der Waals surface area contributed by atoms with Crippen LogP contribution in [0.25, 0.3) is 11.1 Å². The predicted molar refractivity (Wildman–Crippen MR) is 155 cm³/mol. The second-order valence-electron chi connectivity index (χ2n) is 10.4. The van der Waals surface area contributed by atoms with Crippen LogP contribution in [0.4, 0.5) is 0 Å². The first-order valence-electron chi connectivity index (χ1n) is 13.5. The van der Waals surface area contributed by atoms with E-state index in [4.69, 9.17) is 4.18 Å². The van der Waals surface area contributed by atoms with Gasteiger partial charge in [-0.2, -0.15) is 0 Å². The molecule has 0 saturated heterocycles. The molecule has 2 nitrogen and oxygen atoms in total. The van der Waals surface area contributed by atoms with E-state index in [2.05, 4.69) is 73.7 Å². The zero-order valence-corrected chi connectivity index (χ0v) is 22.8. The molecule has 0 N–H and O–H groups in total. The fraction of sp³-hybridized carbons (Fsp3) is 0.294. The summed E-state index contributed by atoms with van der Waals surface area (Å²) in [4.78, 5) is 0. The van der Waals surface area contributed by atoms with Crippen LogP contribution in [0.15, 0.2) is 84.9 Å². The van der Waals surface area contributed by atoms with Crippen LogP contribution in [-0.2, 0) is 42.5 Å². The summed E-state index contributed by atoms with van der Waals surface area (Å²) in [6.07, 6.45) is 8.79. The molecular formula is C34H36O2S. The standard InChI is InChI=1S/C26H28.C8H8O2S/c1-20-7-9-21(10-8-20)5-3-2-4-6-22-11-13-23(14-12-22)25-17-15-24-16-18-26(24)19-25;1-6-2-3-7-5-11(9)10-8(7)4-6/h7-15,17,19H,2-6,16,18H2,1H3;2-4H,5H2,1H3. The van der Waals surface area contributed by atoms with E-state index >= 15 is 0 Å². The molecule has 0 spiro atoms. The first-order chi connectivity index (χ1) is 18.0. The van der Waals surface area contributed by atoms with Gasteiger partial charge in [-0.1, -0.05) is 90.8 Å². The van der Waals surface area contributed by atoms with Crippen molar-refractivity contribution in [3.8, 4) is 16.9 Å². The first kappa shape index (κ1) is 25.5. The lowest BCUT2D eigenvalue weighted by Crippen LogP contribution is -2.07. The van der Waals surface area contributed by atoms with Crippen molar-refractivity contribution < 1.29 is 8.39 Å². The molecule has 0 saturated carbocycles. The molecule has 1 unspecified atom stereocenters. The molecule has 1 aliphatic carbocycles. The van der Waals surface area contributed by atoms with Gasteiger partial charge >= 0.3 is 0 Å². The maximum atomic E-state index is 10.9. The third-order valence-corrected chi connectivity index (χ3v) is 8.30. The average molecular weight is 509 g/mol. The van der Waals surface area contributed by atoms with E-state index in [0.717, 1.165) is 16.9 Å². The van der Waals surface area contributed by atoms with Gasteiger partial charge in [-0.05, 0) is 97.4 Å². The van der Waals surface area contributed by atoms with Crippen molar-refractivity contribution in [2.45, 2.75) is 64.5 Å². The molecule has 190 valence electrons. The molecule has 1 aliphatic heterocycles. The SMILES string of the molecule is Cc1ccc(CCCCCc2ccc(-c3ccc4c(c3)CC4)cc2)cc1.Cc1ccc2c(c1)OS(=O)C2. The molecule has 6 rings (SSSR count). The fourth-order valence-corrected chi connectivity index (χ4v) is 5.85. The zero-order valence-electron chi connectivity index (χ0n) is 22.0. The molecule has 37 heavy (non-hydrogen) atoms. The number of unbranched alkanes of at least 4 members (excludes halogenated alkanes) is 2. The lowest BCUT2D eigenvalue weighted by Gasteiger charge is -2.19. The monoisotopic (exact) mass is 508 g/mol. The van der Waals surface area contributed by atoms with Crippen LogP contribution in [0.1, 0.15) is 58.2 Å². The minimum atomic E-state index is -1.13. The van der Waals surface area contributed by atoms with E-state index in [0.29, 0.717) is 5.75 Å². The normalized spacial score (nSPS) is 15.0. The second kappa shape index (κ2) is 11.9. The fourth-order valence-electron chi connectivity index (χ4n) is 4.94. The molecule has 0 radical (unpaired) electrons. The predicted octanol–water partition coefficient (Wildman–Crippen LogP) is 8.27. The highest BCUT2D eigenvalue weighted by Crippen LogP contribution is 2.30. The highest BCUT2D eigenvalue weighted by atomic mass is 32.2. The van der Waals surface area contributed by atoms with E-state index in [1.54, 1.807) is 5.56 Å². The van der Waals surface area contributed by atoms with Crippen LogP contribution < -0.4 is 4.18 Å². The van der Waals surface area contributed by atoms with Crippen molar-refractivity contribution in [1.29, 1.82) is 0 Å². The number of benzene rings is 4. The molecular weight excluding hydrogens is 472 g/mol. The minimum absolute atomic E-state index is 0.537. The molecule has 2 aliphatic rings. The van der Waals surface area contributed by atoms with E-state index in [1.807, 2.05) is 25.1 Å². The van der Waals surface area contributed by atoms with Gasteiger partial charge in [0.05, 0.1) is 5.75 Å². The lowest BCUT2D eigenvalue weighted by atomic mass is 9.86. The van der Waals surface area contributed by atoms with Gasteiger partial charge in [0, 0.05) is 5.56 Å². The molecule has 0 aromatic heterocycles. The smallest absolute Gasteiger partial charge is 0.211 e. The second-order valence-corrected chi connectivity index (χ2v) is 11.4. The largest absolute Gasteiger partial charge is 0.400 e. The van der Waals surface area contributed by atoms with E-state index in [9.17, 15) is 4.21 Å². The van der Waals surface area contributed by atoms with Crippen molar-refractivity contribution in [2.24, 2.45) is 0 Å². The molecule has 0 bridgehead atoms. The number of hydrogen-bond donors (Lipinski definition) is 0. The Labute approximate surface area is 224 Å². The Morgan fingerprint density at radius 2 is 1.22 bits per heavy atom. The molecule has 4 aromatic carbocycles. The van der Waals surface area contributed by atoms with Gasteiger partial charge in [-0.3, -0.25) is 0 Å². The van der Waals surface area contributed by atoms with Crippen LogP contribution >= 0.6 is 0 Å². The minimum Gasteiger partial charge on any atom is -0.400 e. The summed E-state index contributed by atoms with van der Waals surface area (Å²) in [5, 5.41) is 0. The van der Waals surface area contributed by atoms with Gasteiger partial charge in [0.15, 0.2) is 0 Å². The van der Waals surface area contributed by atoms with Crippen molar-refractivity contribution in [1.82, 2.24) is 0 Å². The van der Waals surface area contributed by atoms with Gasteiger partial charge in [-0.25, -0.2) is 4.21 Å². The Hall–Kier alpha value is -3.17. The molecule has 0 amide bonds. The van der Waals surface area contributed by atoms with Gasteiger partial charge in [0.25, 0.3) is 0 Å². The summed E-state index contributed by atoms with van der Waals surface area (Å²) in [7, 11) is 0. The number of rotatable bonds is 7. The van der Waals surface area contributed by atoms with Crippen LogP contribution in [0.2, 0.25) is 0 Å². The Bertz CT molecular complexity index is 1370. The van der Waals surface area contributed by atoms with Crippen molar-refractivity contribution in [2.75, 3.05) is 0 Å². The van der Waals surface area contributed by atoms with Crippen molar-refractivity contribution in [3.63, 3.8) is 0 Å². The summed E-state index contributed by atoms with van der Waals surface area (Å²) in [6, 6.07) is 31.0. The lowest BCUT2D eigenvalue weighted by molar-refractivity contribution is 0.577. The summed E-state index contributed by atoms with van der Waals surface area (Å²) >= 11 is -1.13. The maximum absolute atomic E-state index is 10.9. The molecule has 4 aromatic rings. The summed E-state index contributed by atoms with van der Waals surface area (Å²) in [5.74, 6) is 1.32. The van der Waals surface area contributed by atoms with E-state index in [1.165, 1.54) is 78.3 Å². The summed E-state index contributed by atoms with van der Waals surface area (Å²) in [6.45, 7) is 4.14. The number of hydrogen-bond acceptors (Lipinski definition) is 2. The Balaban J connectivity index is 0.000000212. The van der Waals surface area contributed by atoms with Crippen LogP contribution in [0.3, 0.4) is 0 Å². The number of aryl methyl sites for hydroxylation is 6. The summed E-state index contributed by atoms with van der Waals surface area (Å²) in [5.41, 5.74) is 12.3. The van der Waals surface area contributed by atoms with Gasteiger partial charge in [0.2, 0.25) is 11.1 Å². The van der Waals surface area contributed by atoms with E-state index < -0.39 is 11.1 Å². The molecule has 1 heterocycles. The molecule has 3 heteroatoms. The van der Waals surface area contributed by atoms with Crippen LogP contribution in [0, 0.1) is 13.8 Å². The molecule has 0 fully saturated rings. The van der Waals surface area contributed by atoms with Gasteiger partial charge in [0.1, 0.15) is 5.75 Å². The Morgan fingerprint density at radius 1 is 0.622 bits per heavy atom. The Kier molecular flexibility index (Phi) is 8.21. The van der Waals surface area contributed by atoms with E-state index in [-0.39, 0.29) is 0 Å². The molecule has 1 atom stereocenters. The third-order valence-electron chi connectivity index (χ3n) is 7.39.